The van der Waals surface area contributed by atoms with E-state index in [9.17, 15) is 0 Å². The molecule has 5 heteroatoms. The maximum atomic E-state index is 8.52. The smallest absolute Gasteiger partial charge is 0.288 e. The second-order valence-electron chi connectivity index (χ2n) is 4.83. The zero-order chi connectivity index (χ0) is 20.3. The van der Waals surface area contributed by atoms with Crippen molar-refractivity contribution in [2.45, 2.75) is 52.1 Å². The van der Waals surface area contributed by atoms with Crippen LogP contribution in [0, 0.1) is 25.1 Å². The van der Waals surface area contributed by atoms with Crippen molar-refractivity contribution in [3.8, 4) is 0 Å². The molecule has 3 nitrogen and oxygen atoms in total. The number of benzene rings is 2. The summed E-state index contributed by atoms with van der Waals surface area (Å²) in [7, 11) is 0. The van der Waals surface area contributed by atoms with Crippen molar-refractivity contribution in [2.24, 2.45) is 0 Å². The molecule has 2 aromatic carbocycles. The number of rotatable bonds is 6. The summed E-state index contributed by atoms with van der Waals surface area (Å²) in [6.45, 7) is 6.14. The summed E-state index contributed by atoms with van der Waals surface area (Å²) in [5.74, 6) is 0. The number of aliphatic hydroxyl groups is 1. The van der Waals surface area contributed by atoms with Crippen molar-refractivity contribution >= 4 is 0 Å². The summed E-state index contributed by atoms with van der Waals surface area (Å²) in [5.41, 5.74) is 0.934. The Labute approximate surface area is 175 Å². The van der Waals surface area contributed by atoms with Crippen molar-refractivity contribution < 1.29 is 44.2 Å². The molecule has 0 aromatic heterocycles. The molecule has 0 aliphatic heterocycles. The van der Waals surface area contributed by atoms with Gasteiger partial charge in [0.05, 0.1) is 0 Å². The van der Waals surface area contributed by atoms with Gasteiger partial charge in [0, 0.05) is 6.61 Å². The average molecular weight is 446 g/mol. The Morgan fingerprint density at radius 2 is 1.23 bits per heavy atom. The SMILES string of the molecule is OCc1cc[c-]cc1.[CH2-]CCCCCCC.[O]=[Co].[O]=[Co].[c-]1cc[c-]cc1. The first-order valence-electron chi connectivity index (χ1n) is 8.29. The maximum Gasteiger partial charge on any atom is -0.288 e. The van der Waals surface area contributed by atoms with E-state index in [-0.39, 0.29) is 6.61 Å². The Bertz CT molecular complexity index is 407. The number of unbranched alkanes of at least 4 members (excludes halogenated alkanes) is 5. The van der Waals surface area contributed by atoms with Gasteiger partial charge < -0.3 is 24.2 Å². The summed E-state index contributed by atoms with van der Waals surface area (Å²) in [5, 5.41) is 8.52. The van der Waals surface area contributed by atoms with Crippen molar-refractivity contribution in [3.63, 3.8) is 0 Å². The van der Waals surface area contributed by atoms with Crippen LogP contribution in [-0.4, -0.2) is 5.11 Å². The number of hydrogen-bond donors (Lipinski definition) is 1. The summed E-state index contributed by atoms with van der Waals surface area (Å²) < 4.78 is 15.9. The molecule has 0 unspecified atom stereocenters. The predicted octanol–water partition coefficient (Wildman–Crippen LogP) is 5.20. The molecule has 0 bridgehead atoms. The van der Waals surface area contributed by atoms with Crippen LogP contribution >= 0.6 is 0 Å². The molecule has 0 amide bonds. The molecule has 26 heavy (non-hydrogen) atoms. The Morgan fingerprint density at radius 1 is 0.808 bits per heavy atom. The third kappa shape index (κ3) is 27.8. The molecule has 1 N–H and O–H groups in total. The molecule has 0 saturated heterocycles. The van der Waals surface area contributed by atoms with Crippen LogP contribution in [0.5, 0.6) is 0 Å². The molecule has 0 radical (unpaired) electrons. The van der Waals surface area contributed by atoms with E-state index in [1.165, 1.54) is 32.1 Å². The average Bonchev–Trinajstić information content (AvgIpc) is 2.77. The molecule has 0 aliphatic rings. The minimum absolute atomic E-state index is 0.120. The van der Waals surface area contributed by atoms with Gasteiger partial charge in [0.1, 0.15) is 0 Å². The molecular weight excluding hydrogens is 418 g/mol. The van der Waals surface area contributed by atoms with E-state index in [2.05, 4.69) is 63.4 Å². The number of aliphatic hydroxyl groups excluding tert-OH is 1. The first kappa shape index (κ1) is 29.8. The molecule has 0 atom stereocenters. The van der Waals surface area contributed by atoms with Gasteiger partial charge in [-0.3, -0.25) is 24.3 Å². The number of hydrogen-bond acceptors (Lipinski definition) is 3. The van der Waals surface area contributed by atoms with E-state index >= 15 is 0 Å². The van der Waals surface area contributed by atoms with E-state index in [0.717, 1.165) is 12.0 Å². The second-order valence-corrected chi connectivity index (χ2v) is 4.83. The minimum atomic E-state index is 0.120. The van der Waals surface area contributed by atoms with Crippen LogP contribution < -0.4 is 0 Å². The molecule has 2 aromatic rings. The van der Waals surface area contributed by atoms with Crippen molar-refractivity contribution in [1.29, 1.82) is 0 Å². The standard InChI is InChI=1S/C8H17.C7H7O.C6H4.2Co.2O/c1-3-5-7-8-6-4-2;8-6-7-4-2-1-3-5-7;1-2-4-6-5-3-1;;;;/h1,3-8H2,2H3;2-5,8H,6H2;1-2,5-6H;;;;/q2*-1;-2;;;;. The minimum Gasteiger partial charge on any atom is -0.319 e. The summed E-state index contributed by atoms with van der Waals surface area (Å²) in [6.07, 6.45) is 7.98. The van der Waals surface area contributed by atoms with Crippen LogP contribution in [-0.2, 0) is 45.7 Å². The van der Waals surface area contributed by atoms with E-state index in [4.69, 9.17) is 12.8 Å². The van der Waals surface area contributed by atoms with E-state index < -0.39 is 0 Å². The van der Waals surface area contributed by atoms with E-state index in [1.807, 2.05) is 36.4 Å². The van der Waals surface area contributed by atoms with Crippen LogP contribution in [0.2, 0.25) is 0 Å². The Hall–Kier alpha value is -0.987. The fraction of sp³-hybridized carbons (Fsp3) is 0.381. The molecule has 0 heterocycles. The monoisotopic (exact) mass is 446 g/mol. The van der Waals surface area contributed by atoms with Gasteiger partial charge in [-0.2, -0.15) is 36.8 Å². The van der Waals surface area contributed by atoms with Crippen LogP contribution in [0.4, 0.5) is 0 Å². The first-order chi connectivity index (χ1) is 12.8. The van der Waals surface area contributed by atoms with Crippen LogP contribution in [0.1, 0.15) is 51.0 Å². The molecule has 0 aliphatic carbocycles. The summed E-state index contributed by atoms with van der Waals surface area (Å²) in [6, 6.07) is 23.1. The van der Waals surface area contributed by atoms with Crippen LogP contribution in [0.25, 0.3) is 0 Å². The third-order valence-electron chi connectivity index (χ3n) is 2.87. The predicted molar refractivity (Wildman–Crippen MR) is 95.4 cm³/mol. The van der Waals surface area contributed by atoms with Gasteiger partial charge in [-0.05, 0) is 0 Å². The van der Waals surface area contributed by atoms with Gasteiger partial charge in [-0.25, -0.2) is 0 Å². The molecular formula is C21H28Co2O3-4. The van der Waals surface area contributed by atoms with Crippen LogP contribution in [0.15, 0.2) is 48.5 Å². The van der Waals surface area contributed by atoms with E-state index in [1.54, 1.807) is 12.1 Å². The maximum absolute atomic E-state index is 8.52. The van der Waals surface area contributed by atoms with Gasteiger partial charge in [0.2, 0.25) is 0 Å². The molecule has 0 fully saturated rings. The third-order valence-corrected chi connectivity index (χ3v) is 2.87. The summed E-state index contributed by atoms with van der Waals surface area (Å²) in [4.78, 5) is 0. The largest absolute Gasteiger partial charge is 0.319 e. The zero-order valence-electron chi connectivity index (χ0n) is 15.2. The molecule has 2 rings (SSSR count). The Kier molecular flexibility index (Phi) is 36.3. The van der Waals surface area contributed by atoms with E-state index in [0.29, 0.717) is 0 Å². The van der Waals surface area contributed by atoms with Gasteiger partial charge >= 0.3 is 39.1 Å². The quantitative estimate of drug-likeness (QED) is 0.490. The Morgan fingerprint density at radius 3 is 1.54 bits per heavy atom. The van der Waals surface area contributed by atoms with Crippen molar-refractivity contribution in [1.82, 2.24) is 0 Å². The molecule has 0 spiro atoms. The normalized spacial score (nSPS) is 8.04. The Balaban J connectivity index is -0.000000280. The molecule has 0 saturated carbocycles. The van der Waals surface area contributed by atoms with Crippen molar-refractivity contribution in [2.75, 3.05) is 0 Å². The fourth-order valence-corrected chi connectivity index (χ4v) is 1.61. The topological polar surface area (TPSA) is 54.4 Å². The molecule has 152 valence electrons. The van der Waals surface area contributed by atoms with Crippen molar-refractivity contribution in [3.05, 3.63) is 79.2 Å². The van der Waals surface area contributed by atoms with Gasteiger partial charge in [-0.1, -0.05) is 39.0 Å². The van der Waals surface area contributed by atoms with Gasteiger partial charge in [0.15, 0.2) is 0 Å². The first-order valence-corrected chi connectivity index (χ1v) is 9.14. The second kappa shape index (κ2) is 31.8. The van der Waals surface area contributed by atoms with Crippen LogP contribution in [0.3, 0.4) is 0 Å². The fourth-order valence-electron chi connectivity index (χ4n) is 1.61. The van der Waals surface area contributed by atoms with Gasteiger partial charge in [-0.15, -0.1) is 5.56 Å². The summed E-state index contributed by atoms with van der Waals surface area (Å²) >= 11 is 4.62. The zero-order valence-corrected chi connectivity index (χ0v) is 17.3. The van der Waals surface area contributed by atoms with Gasteiger partial charge in [0.25, 0.3) is 0 Å².